The number of benzene rings is 1. The Morgan fingerprint density at radius 1 is 1.08 bits per heavy atom. The number of imide groups is 1. The van der Waals surface area contributed by atoms with Gasteiger partial charge in [0.1, 0.15) is 5.60 Å². The topological polar surface area (TPSA) is 90.0 Å². The molecule has 7 nitrogen and oxygen atoms in total. The number of hydrogen-bond acceptors (Lipinski definition) is 6. The number of hydrogen-bond donors (Lipinski definition) is 0. The fourth-order valence-corrected chi connectivity index (χ4v) is 3.14. The Morgan fingerprint density at radius 2 is 1.62 bits per heavy atom. The lowest BCUT2D eigenvalue weighted by molar-refractivity contribution is -0.191. The van der Waals surface area contributed by atoms with Crippen molar-refractivity contribution in [2.75, 3.05) is 0 Å². The maximum absolute atomic E-state index is 12.7. The van der Waals surface area contributed by atoms with Gasteiger partial charge >= 0.3 is 11.9 Å². The molecule has 0 N–H and O–H groups in total. The zero-order chi connectivity index (χ0) is 19.1. The summed E-state index contributed by atoms with van der Waals surface area (Å²) >= 11 is 0. The van der Waals surface area contributed by atoms with Crippen LogP contribution >= 0.6 is 0 Å². The lowest BCUT2D eigenvalue weighted by Crippen LogP contribution is -2.46. The second-order valence-corrected chi connectivity index (χ2v) is 7.73. The fraction of sp³-hybridized carbons (Fsp3) is 0.474. The fourth-order valence-electron chi connectivity index (χ4n) is 3.14. The highest BCUT2D eigenvalue weighted by Crippen LogP contribution is 2.46. The summed E-state index contributed by atoms with van der Waals surface area (Å²) in [5.74, 6) is -2.60. The van der Waals surface area contributed by atoms with Crippen molar-refractivity contribution in [1.29, 1.82) is 0 Å². The first-order chi connectivity index (χ1) is 12.1. The Balaban J connectivity index is 1.72. The number of amides is 2. The summed E-state index contributed by atoms with van der Waals surface area (Å²) in [5.41, 5.74) is -1.31. The summed E-state index contributed by atoms with van der Waals surface area (Å²) in [6.45, 7) is 5.24. The van der Waals surface area contributed by atoms with E-state index < -0.39 is 34.8 Å². The molecule has 1 aromatic rings. The van der Waals surface area contributed by atoms with Gasteiger partial charge < -0.3 is 9.57 Å². The van der Waals surface area contributed by atoms with Gasteiger partial charge in [0.15, 0.2) is 0 Å². The molecule has 1 aliphatic carbocycles. The molecule has 0 spiro atoms. The first-order valence-corrected chi connectivity index (χ1v) is 8.55. The zero-order valence-corrected chi connectivity index (χ0v) is 15.0. The molecule has 138 valence electrons. The molecule has 2 aliphatic rings. The smallest absolute Gasteiger partial charge is 0.339 e. The molecular weight excluding hydrogens is 338 g/mol. The van der Waals surface area contributed by atoms with Gasteiger partial charge in [0.05, 0.1) is 23.0 Å². The number of carbonyl (C=O) groups is 4. The quantitative estimate of drug-likeness (QED) is 0.606. The Bertz CT molecular complexity index is 752. The molecule has 0 saturated heterocycles. The number of nitrogens with zero attached hydrogens (tertiary/aromatic N) is 1. The molecular formula is C19H21NO6. The number of carbonyl (C=O) groups excluding carboxylic acids is 4. The predicted octanol–water partition coefficient (Wildman–Crippen LogP) is 2.64. The SMILES string of the molecule is CC(C)(C)OC(=O)CC1(C(=O)ON2C(=O)c3ccccc3C2=O)CCC1. The molecule has 0 atom stereocenters. The molecule has 0 aromatic heterocycles. The highest BCUT2D eigenvalue weighted by molar-refractivity contribution is 6.21. The standard InChI is InChI=1S/C19H21NO6/c1-18(2,3)25-14(21)11-19(9-6-10-19)17(24)26-20-15(22)12-7-4-5-8-13(12)16(20)23/h4-5,7-8H,6,9-11H2,1-3H3. The lowest BCUT2D eigenvalue weighted by Gasteiger charge is -2.39. The number of hydroxylamine groups is 2. The van der Waals surface area contributed by atoms with Crippen molar-refractivity contribution in [3.8, 4) is 0 Å². The third-order valence-corrected chi connectivity index (χ3v) is 4.58. The van der Waals surface area contributed by atoms with Crippen molar-refractivity contribution in [3.63, 3.8) is 0 Å². The average Bonchev–Trinajstić information content (AvgIpc) is 2.75. The van der Waals surface area contributed by atoms with Crippen LogP contribution in [0.25, 0.3) is 0 Å². The minimum absolute atomic E-state index is 0.133. The lowest BCUT2D eigenvalue weighted by atomic mass is 9.66. The number of ether oxygens (including phenoxy) is 1. The van der Waals surface area contributed by atoms with Gasteiger partial charge in [-0.25, -0.2) is 4.79 Å². The van der Waals surface area contributed by atoms with Crippen molar-refractivity contribution in [3.05, 3.63) is 35.4 Å². The van der Waals surface area contributed by atoms with Gasteiger partial charge in [0.2, 0.25) is 0 Å². The Hall–Kier alpha value is -2.70. The second-order valence-electron chi connectivity index (χ2n) is 7.73. The largest absolute Gasteiger partial charge is 0.460 e. The number of rotatable bonds is 4. The zero-order valence-electron chi connectivity index (χ0n) is 15.0. The van der Waals surface area contributed by atoms with Crippen LogP contribution in [0.5, 0.6) is 0 Å². The Kier molecular flexibility index (Phi) is 4.34. The molecule has 0 bridgehead atoms. The van der Waals surface area contributed by atoms with Crippen LogP contribution in [0.1, 0.15) is 67.2 Å². The maximum Gasteiger partial charge on any atom is 0.339 e. The van der Waals surface area contributed by atoms with Crippen LogP contribution in [-0.2, 0) is 19.2 Å². The summed E-state index contributed by atoms with van der Waals surface area (Å²) in [7, 11) is 0. The summed E-state index contributed by atoms with van der Waals surface area (Å²) in [6, 6.07) is 6.27. The van der Waals surface area contributed by atoms with Crippen molar-refractivity contribution in [2.24, 2.45) is 5.41 Å². The minimum atomic E-state index is -1.04. The highest BCUT2D eigenvalue weighted by Gasteiger charge is 2.51. The summed E-state index contributed by atoms with van der Waals surface area (Å²) in [4.78, 5) is 54.6. The van der Waals surface area contributed by atoms with E-state index in [1.54, 1.807) is 32.9 Å². The third-order valence-electron chi connectivity index (χ3n) is 4.58. The second kappa shape index (κ2) is 6.23. The van der Waals surface area contributed by atoms with Crippen LogP contribution in [0.2, 0.25) is 0 Å². The van der Waals surface area contributed by atoms with E-state index in [1.807, 2.05) is 0 Å². The minimum Gasteiger partial charge on any atom is -0.460 e. The van der Waals surface area contributed by atoms with E-state index in [9.17, 15) is 19.2 Å². The van der Waals surface area contributed by atoms with Gasteiger partial charge in [-0.3, -0.25) is 14.4 Å². The molecule has 3 rings (SSSR count). The van der Waals surface area contributed by atoms with Crippen LogP contribution in [0.15, 0.2) is 24.3 Å². The molecule has 0 unspecified atom stereocenters. The summed E-state index contributed by atoms with van der Waals surface area (Å²) in [5, 5.41) is 0.488. The van der Waals surface area contributed by atoms with E-state index in [4.69, 9.17) is 9.57 Å². The predicted molar refractivity (Wildman–Crippen MR) is 89.8 cm³/mol. The molecule has 1 aliphatic heterocycles. The van der Waals surface area contributed by atoms with Crippen LogP contribution in [-0.4, -0.2) is 34.4 Å². The maximum atomic E-state index is 12.7. The van der Waals surface area contributed by atoms with E-state index >= 15 is 0 Å². The van der Waals surface area contributed by atoms with E-state index in [0.717, 1.165) is 6.42 Å². The Morgan fingerprint density at radius 3 is 2.04 bits per heavy atom. The molecule has 1 aromatic carbocycles. The summed E-state index contributed by atoms with van der Waals surface area (Å²) in [6.07, 6.45) is 1.54. The molecule has 26 heavy (non-hydrogen) atoms. The third kappa shape index (κ3) is 3.21. The van der Waals surface area contributed by atoms with Crippen LogP contribution in [0.3, 0.4) is 0 Å². The molecule has 2 amide bonds. The van der Waals surface area contributed by atoms with Gasteiger partial charge in [-0.1, -0.05) is 23.6 Å². The normalized spacial score (nSPS) is 18.2. The van der Waals surface area contributed by atoms with Crippen LogP contribution in [0.4, 0.5) is 0 Å². The van der Waals surface area contributed by atoms with E-state index in [1.165, 1.54) is 12.1 Å². The first kappa shape index (κ1) is 18.1. The van der Waals surface area contributed by atoms with Crippen LogP contribution in [0, 0.1) is 5.41 Å². The van der Waals surface area contributed by atoms with Gasteiger partial charge in [-0.05, 0) is 45.7 Å². The summed E-state index contributed by atoms with van der Waals surface area (Å²) < 4.78 is 5.29. The van der Waals surface area contributed by atoms with E-state index in [-0.39, 0.29) is 17.5 Å². The van der Waals surface area contributed by atoms with Gasteiger partial charge in [-0.15, -0.1) is 0 Å². The van der Waals surface area contributed by atoms with Crippen molar-refractivity contribution >= 4 is 23.8 Å². The van der Waals surface area contributed by atoms with Gasteiger partial charge in [-0.2, -0.15) is 0 Å². The van der Waals surface area contributed by atoms with E-state index in [0.29, 0.717) is 17.9 Å². The van der Waals surface area contributed by atoms with Gasteiger partial charge in [0, 0.05) is 0 Å². The van der Waals surface area contributed by atoms with E-state index in [2.05, 4.69) is 0 Å². The monoisotopic (exact) mass is 359 g/mol. The number of esters is 1. The van der Waals surface area contributed by atoms with Crippen LogP contribution < -0.4 is 0 Å². The van der Waals surface area contributed by atoms with Crippen molar-refractivity contribution in [1.82, 2.24) is 5.06 Å². The average molecular weight is 359 g/mol. The first-order valence-electron chi connectivity index (χ1n) is 8.55. The molecule has 0 radical (unpaired) electrons. The van der Waals surface area contributed by atoms with Crippen molar-refractivity contribution in [2.45, 2.75) is 52.1 Å². The molecule has 1 heterocycles. The van der Waals surface area contributed by atoms with Crippen molar-refractivity contribution < 1.29 is 28.8 Å². The molecule has 1 fully saturated rings. The highest BCUT2D eigenvalue weighted by atomic mass is 16.7. The Labute approximate surface area is 151 Å². The molecule has 7 heteroatoms. The molecule has 1 saturated carbocycles. The number of fused-ring (bicyclic) bond motifs is 1. The van der Waals surface area contributed by atoms with Gasteiger partial charge in [0.25, 0.3) is 11.8 Å².